The van der Waals surface area contributed by atoms with Gasteiger partial charge >= 0.3 is 0 Å². The van der Waals surface area contributed by atoms with Crippen LogP contribution in [-0.4, -0.2) is 66.0 Å². The number of nitrogens with zero attached hydrogens (tertiary/aromatic N) is 3. The highest BCUT2D eigenvalue weighted by Crippen LogP contribution is 2.29. The van der Waals surface area contributed by atoms with Crippen molar-refractivity contribution in [1.29, 1.82) is 0 Å². The molecular formula is C20H23N3O2S. The summed E-state index contributed by atoms with van der Waals surface area (Å²) < 4.78 is 5.39. The summed E-state index contributed by atoms with van der Waals surface area (Å²) in [6, 6.07) is 14.4. The number of carbonyl (C=O) groups is 1. The summed E-state index contributed by atoms with van der Waals surface area (Å²) in [4.78, 5) is 21.4. The fourth-order valence-electron chi connectivity index (χ4n) is 3.39. The monoisotopic (exact) mass is 369 g/mol. The summed E-state index contributed by atoms with van der Waals surface area (Å²) in [7, 11) is 0. The molecule has 2 heterocycles. The van der Waals surface area contributed by atoms with Gasteiger partial charge in [-0.1, -0.05) is 48.2 Å². The molecule has 6 heteroatoms. The van der Waals surface area contributed by atoms with Gasteiger partial charge in [0, 0.05) is 31.6 Å². The number of thioether (sulfide) groups is 1. The molecular weight excluding hydrogens is 346 g/mol. The standard InChI is InChI=1S/C20H23N3O2S/c24-19-15-26-20(23(19)10-4-9-22-11-13-25-14-12-22)21-18-8-3-6-16-5-1-2-7-17(16)18/h1-3,5-8H,4,9-15H2. The Hall–Kier alpha value is -1.89. The average molecular weight is 369 g/mol. The lowest BCUT2D eigenvalue weighted by Gasteiger charge is -2.27. The zero-order chi connectivity index (χ0) is 17.8. The molecule has 0 bridgehead atoms. The first-order valence-electron chi connectivity index (χ1n) is 9.11. The SMILES string of the molecule is O=C1CSC(=Nc2cccc3ccccc23)N1CCCN1CCOCC1. The molecule has 1 amide bonds. The van der Waals surface area contributed by atoms with Crippen LogP contribution in [0.15, 0.2) is 47.5 Å². The minimum absolute atomic E-state index is 0.163. The first-order valence-corrected chi connectivity index (χ1v) is 10.1. The summed E-state index contributed by atoms with van der Waals surface area (Å²) in [5, 5.41) is 3.12. The largest absolute Gasteiger partial charge is 0.379 e. The molecule has 26 heavy (non-hydrogen) atoms. The van der Waals surface area contributed by atoms with E-state index >= 15 is 0 Å². The van der Waals surface area contributed by atoms with E-state index in [0.29, 0.717) is 5.75 Å². The van der Waals surface area contributed by atoms with Crippen LogP contribution in [0.4, 0.5) is 5.69 Å². The second-order valence-electron chi connectivity index (χ2n) is 6.53. The number of fused-ring (bicyclic) bond motifs is 1. The van der Waals surface area contributed by atoms with Gasteiger partial charge < -0.3 is 4.74 Å². The molecule has 2 fully saturated rings. The Balaban J connectivity index is 1.47. The first-order chi connectivity index (χ1) is 12.8. The van der Waals surface area contributed by atoms with Crippen LogP contribution in [0.5, 0.6) is 0 Å². The van der Waals surface area contributed by atoms with Crippen LogP contribution >= 0.6 is 11.8 Å². The molecule has 2 aromatic carbocycles. The number of ether oxygens (including phenoxy) is 1. The van der Waals surface area contributed by atoms with E-state index in [0.717, 1.165) is 62.1 Å². The lowest BCUT2D eigenvalue weighted by atomic mass is 10.1. The number of aliphatic imine (C=N–C) groups is 1. The highest BCUT2D eigenvalue weighted by molar-refractivity contribution is 8.15. The quantitative estimate of drug-likeness (QED) is 0.812. The predicted molar refractivity (Wildman–Crippen MR) is 107 cm³/mol. The van der Waals surface area contributed by atoms with Crippen molar-refractivity contribution in [2.24, 2.45) is 4.99 Å². The number of morpholine rings is 1. The molecule has 0 aromatic heterocycles. The third-order valence-corrected chi connectivity index (χ3v) is 5.76. The zero-order valence-electron chi connectivity index (χ0n) is 14.8. The molecule has 2 saturated heterocycles. The van der Waals surface area contributed by atoms with Crippen LogP contribution in [0.25, 0.3) is 10.8 Å². The summed E-state index contributed by atoms with van der Waals surface area (Å²) in [6.45, 7) is 5.32. The van der Waals surface area contributed by atoms with E-state index in [1.54, 1.807) is 11.8 Å². The van der Waals surface area contributed by atoms with Crippen molar-refractivity contribution >= 4 is 39.3 Å². The van der Waals surface area contributed by atoms with E-state index in [1.165, 1.54) is 5.39 Å². The molecule has 0 atom stereocenters. The van der Waals surface area contributed by atoms with E-state index in [1.807, 2.05) is 29.2 Å². The topological polar surface area (TPSA) is 45.1 Å². The van der Waals surface area contributed by atoms with Crippen molar-refractivity contribution < 1.29 is 9.53 Å². The number of hydrogen-bond acceptors (Lipinski definition) is 5. The lowest BCUT2D eigenvalue weighted by Crippen LogP contribution is -2.39. The van der Waals surface area contributed by atoms with E-state index < -0.39 is 0 Å². The number of amidine groups is 1. The van der Waals surface area contributed by atoms with Crippen LogP contribution in [0, 0.1) is 0 Å². The molecule has 0 spiro atoms. The number of benzene rings is 2. The summed E-state index contributed by atoms with van der Waals surface area (Å²) in [5.74, 6) is 0.650. The van der Waals surface area contributed by atoms with E-state index in [4.69, 9.17) is 9.73 Å². The van der Waals surface area contributed by atoms with Crippen LogP contribution in [0.2, 0.25) is 0 Å². The molecule has 136 valence electrons. The van der Waals surface area contributed by atoms with Gasteiger partial charge in [-0.2, -0.15) is 0 Å². The summed E-state index contributed by atoms with van der Waals surface area (Å²) >= 11 is 1.54. The number of carbonyl (C=O) groups excluding carboxylic acids is 1. The highest BCUT2D eigenvalue weighted by Gasteiger charge is 2.28. The predicted octanol–water partition coefficient (Wildman–Crippen LogP) is 3.13. The van der Waals surface area contributed by atoms with Gasteiger partial charge in [0.15, 0.2) is 5.17 Å². The van der Waals surface area contributed by atoms with Gasteiger partial charge in [0.1, 0.15) is 0 Å². The normalized spacial score (nSPS) is 20.4. The highest BCUT2D eigenvalue weighted by atomic mass is 32.2. The number of hydrogen-bond donors (Lipinski definition) is 0. The van der Waals surface area contributed by atoms with Gasteiger partial charge in [0.25, 0.3) is 0 Å². The molecule has 2 aliphatic rings. The van der Waals surface area contributed by atoms with Crippen LogP contribution in [-0.2, 0) is 9.53 Å². The maximum Gasteiger partial charge on any atom is 0.239 e. The van der Waals surface area contributed by atoms with E-state index in [-0.39, 0.29) is 5.91 Å². The number of rotatable bonds is 5. The zero-order valence-corrected chi connectivity index (χ0v) is 15.6. The molecule has 5 nitrogen and oxygen atoms in total. The second kappa shape index (κ2) is 8.20. The Morgan fingerprint density at radius 2 is 1.85 bits per heavy atom. The van der Waals surface area contributed by atoms with Gasteiger partial charge in [-0.25, -0.2) is 4.99 Å². The van der Waals surface area contributed by atoms with Crippen molar-refractivity contribution in [2.45, 2.75) is 6.42 Å². The Labute approximate surface area is 158 Å². The minimum atomic E-state index is 0.163. The summed E-state index contributed by atoms with van der Waals surface area (Å²) in [6.07, 6.45) is 0.959. The van der Waals surface area contributed by atoms with Crippen LogP contribution in [0.3, 0.4) is 0 Å². The molecule has 4 rings (SSSR count). The van der Waals surface area contributed by atoms with Gasteiger partial charge in [-0.3, -0.25) is 14.6 Å². The molecule has 0 radical (unpaired) electrons. The Morgan fingerprint density at radius 3 is 2.73 bits per heavy atom. The van der Waals surface area contributed by atoms with Crippen molar-refractivity contribution in [3.63, 3.8) is 0 Å². The Morgan fingerprint density at radius 1 is 1.04 bits per heavy atom. The van der Waals surface area contributed by atoms with Crippen molar-refractivity contribution in [3.8, 4) is 0 Å². The fourth-order valence-corrected chi connectivity index (χ4v) is 4.31. The maximum atomic E-state index is 12.3. The van der Waals surface area contributed by atoms with E-state index in [9.17, 15) is 4.79 Å². The van der Waals surface area contributed by atoms with Crippen molar-refractivity contribution in [1.82, 2.24) is 9.80 Å². The Kier molecular flexibility index (Phi) is 5.53. The van der Waals surface area contributed by atoms with Gasteiger partial charge in [0.2, 0.25) is 5.91 Å². The third kappa shape index (κ3) is 3.92. The van der Waals surface area contributed by atoms with Gasteiger partial charge in [-0.05, 0) is 17.9 Å². The van der Waals surface area contributed by atoms with Crippen molar-refractivity contribution in [3.05, 3.63) is 42.5 Å². The van der Waals surface area contributed by atoms with Crippen molar-refractivity contribution in [2.75, 3.05) is 45.1 Å². The van der Waals surface area contributed by atoms with Crippen LogP contribution < -0.4 is 0 Å². The molecule has 0 N–H and O–H groups in total. The molecule has 0 aliphatic carbocycles. The third-order valence-electron chi connectivity index (χ3n) is 4.80. The molecule has 2 aromatic rings. The van der Waals surface area contributed by atoms with Gasteiger partial charge in [0.05, 0.1) is 24.7 Å². The number of amides is 1. The summed E-state index contributed by atoms with van der Waals surface area (Å²) in [5.41, 5.74) is 0.929. The van der Waals surface area contributed by atoms with Gasteiger partial charge in [-0.15, -0.1) is 0 Å². The molecule has 0 unspecified atom stereocenters. The Bertz CT molecular complexity index is 812. The first kappa shape index (κ1) is 17.5. The lowest BCUT2D eigenvalue weighted by molar-refractivity contribution is -0.124. The van der Waals surface area contributed by atoms with Crippen LogP contribution in [0.1, 0.15) is 6.42 Å². The maximum absolute atomic E-state index is 12.3. The minimum Gasteiger partial charge on any atom is -0.379 e. The average Bonchev–Trinajstić information content (AvgIpc) is 3.03. The second-order valence-corrected chi connectivity index (χ2v) is 7.48. The molecule has 0 saturated carbocycles. The molecule has 2 aliphatic heterocycles. The fraction of sp³-hybridized carbons (Fsp3) is 0.400. The smallest absolute Gasteiger partial charge is 0.239 e. The van der Waals surface area contributed by atoms with E-state index in [2.05, 4.69) is 23.1 Å².